The summed E-state index contributed by atoms with van der Waals surface area (Å²) in [6.45, 7) is 7.36. The van der Waals surface area contributed by atoms with Gasteiger partial charge in [0.25, 0.3) is 5.56 Å². The van der Waals surface area contributed by atoms with Gasteiger partial charge in [0.2, 0.25) is 11.9 Å². The van der Waals surface area contributed by atoms with Crippen LogP contribution in [0.25, 0.3) is 16.7 Å². The van der Waals surface area contributed by atoms with Crippen molar-refractivity contribution < 1.29 is 23.0 Å². The molecule has 2 fully saturated rings. The number of halogens is 2. The number of ether oxygens (including phenoxy) is 2. The average Bonchev–Trinajstić information content (AvgIpc) is 3.64. The molecular formula is C36H33F2N7O4. The fourth-order valence-corrected chi connectivity index (χ4v) is 6.62. The van der Waals surface area contributed by atoms with Crippen LogP contribution in [-0.2, 0) is 4.79 Å². The minimum Gasteiger partial charge on any atom is -0.494 e. The summed E-state index contributed by atoms with van der Waals surface area (Å²) < 4.78 is 40.8. The van der Waals surface area contributed by atoms with Crippen LogP contribution in [0.3, 0.4) is 0 Å². The van der Waals surface area contributed by atoms with Gasteiger partial charge in [-0.2, -0.15) is 4.98 Å². The third-order valence-electron chi connectivity index (χ3n) is 8.85. The number of carbonyl (C=O) groups is 1. The van der Waals surface area contributed by atoms with Gasteiger partial charge in [-0.3, -0.25) is 14.2 Å². The quantitative estimate of drug-likeness (QED) is 0.191. The third-order valence-corrected chi connectivity index (χ3v) is 8.85. The maximum absolute atomic E-state index is 14.5. The lowest BCUT2D eigenvalue weighted by Gasteiger charge is -2.26. The summed E-state index contributed by atoms with van der Waals surface area (Å²) >= 11 is 0. The van der Waals surface area contributed by atoms with Crippen molar-refractivity contribution in [2.24, 2.45) is 11.8 Å². The number of anilines is 4. The molecule has 2 aliphatic rings. The van der Waals surface area contributed by atoms with E-state index in [1.54, 1.807) is 43.5 Å². The molecule has 0 aliphatic carbocycles. The van der Waals surface area contributed by atoms with Crippen molar-refractivity contribution >= 4 is 40.0 Å². The van der Waals surface area contributed by atoms with Crippen LogP contribution in [0.2, 0.25) is 0 Å². The van der Waals surface area contributed by atoms with Gasteiger partial charge < -0.3 is 29.9 Å². The van der Waals surface area contributed by atoms with Crippen LogP contribution in [0.5, 0.6) is 17.2 Å². The highest BCUT2D eigenvalue weighted by atomic mass is 19.1. The van der Waals surface area contributed by atoms with Crippen molar-refractivity contribution in [3.8, 4) is 22.9 Å². The molecule has 4 heterocycles. The summed E-state index contributed by atoms with van der Waals surface area (Å²) in [6, 6.07) is 16.7. The van der Waals surface area contributed by atoms with E-state index in [-0.39, 0.29) is 29.0 Å². The number of nitrogens with zero attached hydrogens (tertiary/aromatic N) is 5. The van der Waals surface area contributed by atoms with E-state index in [1.807, 2.05) is 6.07 Å². The van der Waals surface area contributed by atoms with Crippen molar-refractivity contribution in [3.05, 3.63) is 108 Å². The number of hydrogen-bond donors (Lipinski definition) is 2. The Labute approximate surface area is 280 Å². The topological polar surface area (TPSA) is 114 Å². The van der Waals surface area contributed by atoms with E-state index in [2.05, 4.69) is 39.0 Å². The van der Waals surface area contributed by atoms with Gasteiger partial charge in [0.05, 0.1) is 29.9 Å². The first kappa shape index (κ1) is 31.8. The van der Waals surface area contributed by atoms with Crippen molar-refractivity contribution in [2.75, 3.05) is 55.9 Å². The molecule has 3 aromatic carbocycles. The van der Waals surface area contributed by atoms with Crippen LogP contribution in [0.4, 0.5) is 31.8 Å². The lowest BCUT2D eigenvalue weighted by Crippen LogP contribution is -2.27. The maximum atomic E-state index is 14.5. The molecule has 7 rings (SSSR count). The summed E-state index contributed by atoms with van der Waals surface area (Å²) in [6.07, 6.45) is 2.71. The van der Waals surface area contributed by atoms with Gasteiger partial charge in [-0.25, -0.2) is 13.8 Å². The van der Waals surface area contributed by atoms with Crippen LogP contribution in [0.1, 0.15) is 0 Å². The molecule has 2 atom stereocenters. The molecule has 0 bridgehead atoms. The zero-order valence-electron chi connectivity index (χ0n) is 26.8. The molecule has 5 aromatic rings. The number of amides is 1. The minimum atomic E-state index is -0.953. The average molecular weight is 666 g/mol. The Balaban J connectivity index is 1.28. The molecule has 1 amide bonds. The normalized spacial score (nSPS) is 17.2. The van der Waals surface area contributed by atoms with E-state index >= 15 is 0 Å². The summed E-state index contributed by atoms with van der Waals surface area (Å²) in [5.74, 6) is -0.896. The Bertz CT molecular complexity index is 2130. The van der Waals surface area contributed by atoms with Gasteiger partial charge in [0.15, 0.2) is 23.0 Å². The third kappa shape index (κ3) is 6.27. The van der Waals surface area contributed by atoms with E-state index < -0.39 is 17.2 Å². The number of benzene rings is 3. The van der Waals surface area contributed by atoms with E-state index in [0.717, 1.165) is 44.0 Å². The lowest BCUT2D eigenvalue weighted by atomic mass is 10.0. The van der Waals surface area contributed by atoms with Gasteiger partial charge in [-0.1, -0.05) is 24.8 Å². The van der Waals surface area contributed by atoms with Crippen LogP contribution in [-0.4, -0.2) is 65.7 Å². The van der Waals surface area contributed by atoms with Crippen molar-refractivity contribution in [2.45, 2.75) is 0 Å². The van der Waals surface area contributed by atoms with Gasteiger partial charge in [-0.05, 0) is 61.4 Å². The molecule has 2 aromatic heterocycles. The first-order valence-electron chi connectivity index (χ1n) is 15.7. The number of aromatic nitrogens is 3. The summed E-state index contributed by atoms with van der Waals surface area (Å²) in [5, 5.41) is 6.55. The number of hydrogen-bond acceptors (Lipinski definition) is 9. The summed E-state index contributed by atoms with van der Waals surface area (Å²) in [7, 11) is 3.69. The van der Waals surface area contributed by atoms with Crippen molar-refractivity contribution in [1.82, 2.24) is 19.4 Å². The second-order valence-electron chi connectivity index (χ2n) is 12.2. The first-order chi connectivity index (χ1) is 23.7. The molecule has 13 heteroatoms. The molecule has 2 N–H and O–H groups in total. The number of para-hydroxylation sites is 1. The highest BCUT2D eigenvalue weighted by Crippen LogP contribution is 2.42. The largest absolute Gasteiger partial charge is 0.494 e. The standard InChI is InChI=1S/C36H33F2N7O4/c1-4-33(46)40-27-14-28(31(48-3)15-29(27)44-19-22-17-43(2)18-23(22)20-44)41-36-39-16-21-12-32(49-30-11-10-24(37)13-26(30)38)35(47)45(34(21)42-36)25-8-6-5-7-9-25/h4-16,22-23H,1,17-20H2,2-3H3,(H,40,46)(H,39,41,42)/t22-,23+. The molecule has 250 valence electrons. The van der Waals surface area contributed by atoms with E-state index in [9.17, 15) is 18.4 Å². The number of likely N-dealkylation sites (tertiary alicyclic amines) is 1. The molecule has 0 spiro atoms. The molecule has 0 radical (unpaired) electrons. The van der Waals surface area contributed by atoms with Crippen LogP contribution >= 0.6 is 0 Å². The fourth-order valence-electron chi connectivity index (χ4n) is 6.62. The zero-order valence-corrected chi connectivity index (χ0v) is 26.8. The van der Waals surface area contributed by atoms with Crippen molar-refractivity contribution in [3.63, 3.8) is 0 Å². The number of carbonyl (C=O) groups excluding carboxylic acids is 1. The zero-order chi connectivity index (χ0) is 34.2. The monoisotopic (exact) mass is 665 g/mol. The second-order valence-corrected chi connectivity index (χ2v) is 12.2. The van der Waals surface area contributed by atoms with Gasteiger partial charge in [0.1, 0.15) is 11.6 Å². The Morgan fingerprint density at radius 2 is 1.71 bits per heavy atom. The number of nitrogens with one attached hydrogen (secondary N) is 2. The number of methoxy groups -OCH3 is 1. The van der Waals surface area contributed by atoms with Crippen LogP contribution < -0.4 is 30.6 Å². The van der Waals surface area contributed by atoms with E-state index in [4.69, 9.17) is 14.5 Å². The Hall–Kier alpha value is -5.82. The van der Waals surface area contributed by atoms with E-state index in [1.165, 1.54) is 22.9 Å². The molecule has 0 unspecified atom stereocenters. The first-order valence-corrected chi connectivity index (χ1v) is 15.7. The molecular weight excluding hydrogens is 632 g/mol. The van der Waals surface area contributed by atoms with Gasteiger partial charge in [0, 0.05) is 49.9 Å². The smallest absolute Gasteiger partial charge is 0.299 e. The number of fused-ring (bicyclic) bond motifs is 2. The Kier molecular flexibility index (Phi) is 8.43. The Morgan fingerprint density at radius 1 is 0.959 bits per heavy atom. The predicted molar refractivity (Wildman–Crippen MR) is 183 cm³/mol. The van der Waals surface area contributed by atoms with Crippen molar-refractivity contribution in [1.29, 1.82) is 0 Å². The summed E-state index contributed by atoms with van der Waals surface area (Å²) in [5.41, 5.74) is 1.97. The highest BCUT2D eigenvalue weighted by molar-refractivity contribution is 6.02. The Morgan fingerprint density at radius 3 is 2.41 bits per heavy atom. The molecule has 11 nitrogen and oxygen atoms in total. The lowest BCUT2D eigenvalue weighted by molar-refractivity contribution is -0.111. The minimum absolute atomic E-state index is 0.139. The number of pyridine rings is 1. The molecule has 0 saturated carbocycles. The maximum Gasteiger partial charge on any atom is 0.299 e. The van der Waals surface area contributed by atoms with Crippen LogP contribution in [0, 0.1) is 23.5 Å². The number of rotatable bonds is 9. The van der Waals surface area contributed by atoms with Crippen LogP contribution in [0.15, 0.2) is 90.4 Å². The molecule has 2 aliphatic heterocycles. The van der Waals surface area contributed by atoms with E-state index in [0.29, 0.717) is 46.1 Å². The van der Waals surface area contributed by atoms with Gasteiger partial charge >= 0.3 is 0 Å². The second kappa shape index (κ2) is 13.0. The summed E-state index contributed by atoms with van der Waals surface area (Å²) in [4.78, 5) is 40.2. The molecule has 2 saturated heterocycles. The fraction of sp³-hybridized carbons (Fsp3) is 0.222. The predicted octanol–water partition coefficient (Wildman–Crippen LogP) is 5.73. The highest BCUT2D eigenvalue weighted by Gasteiger charge is 2.39. The molecule has 49 heavy (non-hydrogen) atoms. The van der Waals surface area contributed by atoms with Gasteiger partial charge in [-0.15, -0.1) is 0 Å². The SMILES string of the molecule is C=CC(=O)Nc1cc(Nc2ncc3cc(Oc4ccc(F)cc4F)c(=O)n(-c4ccccc4)c3n2)c(OC)cc1N1C[C@H]2CN(C)C[C@H]2C1.